The highest BCUT2D eigenvalue weighted by molar-refractivity contribution is 4.80. The fourth-order valence-electron chi connectivity index (χ4n) is 10.1. The van der Waals surface area contributed by atoms with E-state index in [2.05, 4.69) is 96.9 Å². The Morgan fingerprint density at radius 2 is 0.712 bits per heavy atom. The first-order valence-electron chi connectivity index (χ1n) is 28.8. The first-order valence-corrected chi connectivity index (χ1v) is 28.8. The molecule has 16 N–H and O–H groups in total. The predicted molar refractivity (Wildman–Crippen MR) is 300 cm³/mol. The Bertz CT molecular complexity index is 934. The van der Waals surface area contributed by atoms with Crippen molar-refractivity contribution in [2.45, 2.75) is 282 Å². The largest absolute Gasteiger partial charge is 0.330 e. The van der Waals surface area contributed by atoms with Gasteiger partial charge in [-0.25, -0.2) is 0 Å². The van der Waals surface area contributed by atoms with Crippen molar-refractivity contribution >= 4 is 0 Å². The summed E-state index contributed by atoms with van der Waals surface area (Å²) in [6.45, 7) is 36.2. The number of hydrogen-bond acceptors (Lipinski definition) is 8. The molecule has 3 aliphatic carbocycles. The molecule has 8 nitrogen and oxygen atoms in total. The van der Waals surface area contributed by atoms with Crippen LogP contribution in [0.5, 0.6) is 0 Å². The van der Waals surface area contributed by atoms with E-state index in [9.17, 15) is 0 Å². The molecular weight excluding hydrogens is 809 g/mol. The lowest BCUT2D eigenvalue weighted by Crippen LogP contribution is -2.25. The molecule has 0 aromatic carbocycles. The summed E-state index contributed by atoms with van der Waals surface area (Å²) in [6.07, 6.45) is 29.4. The monoisotopic (exact) mass is 939 g/mol. The summed E-state index contributed by atoms with van der Waals surface area (Å²) in [6, 6.07) is 1.90. The van der Waals surface area contributed by atoms with Gasteiger partial charge in [0, 0.05) is 30.2 Å². The molecule has 3 fully saturated rings. The van der Waals surface area contributed by atoms with Gasteiger partial charge >= 0.3 is 0 Å². The smallest absolute Gasteiger partial charge is 0.00418 e. The summed E-state index contributed by atoms with van der Waals surface area (Å²) in [5.41, 5.74) is 45.8. The molecule has 0 radical (unpaired) electrons. The normalized spacial score (nSPS) is 22.0. The van der Waals surface area contributed by atoms with Crippen molar-refractivity contribution in [3.8, 4) is 0 Å². The van der Waals surface area contributed by atoms with E-state index >= 15 is 0 Å². The Morgan fingerprint density at radius 3 is 0.985 bits per heavy atom. The van der Waals surface area contributed by atoms with Crippen molar-refractivity contribution in [2.24, 2.45) is 117 Å². The SMILES string of the molecule is CC(C)C[C@@H](N)CCC(C)C1CC1.CC(C)C[C@@H](N)CCC(C)N.CC(C)C[C@@H](N)CCCN.CC(C)C[C@H]1CC[C@@H](CN)C1.CC(C)C[C@H]1CC[C@H](CN)C1.CCCC[C@@H](N)CC(C)C. The second kappa shape index (κ2) is 44.6. The second-order valence-electron chi connectivity index (χ2n) is 24.9. The number of nitrogens with two attached hydrogens (primary N) is 8. The van der Waals surface area contributed by atoms with Crippen molar-refractivity contribution in [2.75, 3.05) is 19.6 Å². The van der Waals surface area contributed by atoms with E-state index in [4.69, 9.17) is 45.9 Å². The van der Waals surface area contributed by atoms with E-state index in [1.54, 1.807) is 0 Å². The van der Waals surface area contributed by atoms with Crippen molar-refractivity contribution in [3.05, 3.63) is 0 Å². The summed E-state index contributed by atoms with van der Waals surface area (Å²) < 4.78 is 0. The standard InChI is InChI=1S/C12H25N.2C10H21N.C9H22N2.C9H21N.C8H20N2/c1-9(2)8-12(13)7-4-10(3)11-5-6-11;2*1-8(2)5-9-3-4-10(6-9)7-11;1-7(2)6-9(11)5-4-8(3)10;1-4-5-6-9(10)7-8(2)3;1-7(2)6-8(10)4-3-5-9/h9-12H,4-8,13H2,1-3H3;2*8-10H,3-7,11H2,1-2H3;7-9H,4-6,10-11H2,1-3H3;8-9H,4-7,10H2,1-3H3;7-8H,3-6,9-10H2,1-2H3/t10?,12-;9-,10+;9-,10-;8?,9-;9-;8-/m011010/s1. The fraction of sp³-hybridized carbons (Fsp3) is 1.00. The highest BCUT2D eigenvalue weighted by Crippen LogP contribution is 2.39. The lowest BCUT2D eigenvalue weighted by atomic mass is 9.94. The van der Waals surface area contributed by atoms with Crippen LogP contribution < -0.4 is 45.9 Å². The van der Waals surface area contributed by atoms with Gasteiger partial charge in [0.1, 0.15) is 0 Å². The Hall–Kier alpha value is -0.320. The van der Waals surface area contributed by atoms with Crippen LogP contribution in [0.2, 0.25) is 0 Å². The van der Waals surface area contributed by atoms with Crippen LogP contribution in [0.4, 0.5) is 0 Å². The highest BCUT2D eigenvalue weighted by atomic mass is 14.7. The maximum Gasteiger partial charge on any atom is 0.00418 e. The molecule has 0 amide bonds. The van der Waals surface area contributed by atoms with Gasteiger partial charge in [-0.2, -0.15) is 0 Å². The molecule has 8 heteroatoms. The topological polar surface area (TPSA) is 208 Å². The Morgan fingerprint density at radius 1 is 0.379 bits per heavy atom. The fourth-order valence-corrected chi connectivity index (χ4v) is 10.1. The average Bonchev–Trinajstić information content (AvgIpc) is 3.81. The molecule has 0 aliphatic heterocycles. The molecule has 66 heavy (non-hydrogen) atoms. The molecule has 0 aromatic rings. The summed E-state index contributed by atoms with van der Waals surface area (Å²) in [5, 5.41) is 0. The van der Waals surface area contributed by atoms with Gasteiger partial charge in [-0.15, -0.1) is 0 Å². The third-order valence-electron chi connectivity index (χ3n) is 13.8. The summed E-state index contributed by atoms with van der Waals surface area (Å²) in [4.78, 5) is 0. The molecule has 0 spiro atoms. The minimum absolute atomic E-state index is 0.299. The summed E-state index contributed by atoms with van der Waals surface area (Å²) in [5.74, 6) is 10.3. The van der Waals surface area contributed by atoms with Crippen molar-refractivity contribution in [1.82, 2.24) is 0 Å². The molecule has 3 rings (SSSR count). The van der Waals surface area contributed by atoms with E-state index in [0.29, 0.717) is 42.0 Å². The molecule has 3 saturated carbocycles. The zero-order valence-corrected chi connectivity index (χ0v) is 47.8. The number of rotatable bonds is 27. The Labute approximate surface area is 416 Å². The minimum Gasteiger partial charge on any atom is -0.330 e. The maximum atomic E-state index is 6.04. The van der Waals surface area contributed by atoms with Crippen LogP contribution in [0.3, 0.4) is 0 Å². The van der Waals surface area contributed by atoms with E-state index in [1.165, 1.54) is 109 Å². The average molecular weight is 940 g/mol. The lowest BCUT2D eigenvalue weighted by Gasteiger charge is -2.16. The molecule has 0 saturated heterocycles. The summed E-state index contributed by atoms with van der Waals surface area (Å²) in [7, 11) is 0. The molecule has 3 aliphatic rings. The van der Waals surface area contributed by atoms with Gasteiger partial charge < -0.3 is 45.9 Å². The van der Waals surface area contributed by atoms with Crippen LogP contribution >= 0.6 is 0 Å². The van der Waals surface area contributed by atoms with E-state index in [0.717, 1.165) is 117 Å². The first kappa shape index (κ1) is 69.9. The zero-order valence-electron chi connectivity index (χ0n) is 47.8. The van der Waals surface area contributed by atoms with E-state index < -0.39 is 0 Å². The molecule has 0 aromatic heterocycles. The zero-order chi connectivity index (χ0) is 51.2. The van der Waals surface area contributed by atoms with Crippen molar-refractivity contribution < 1.29 is 0 Å². The van der Waals surface area contributed by atoms with Gasteiger partial charge in [-0.1, -0.05) is 123 Å². The second-order valence-corrected chi connectivity index (χ2v) is 24.9. The molecule has 0 heterocycles. The van der Waals surface area contributed by atoms with Gasteiger partial charge in [0.05, 0.1) is 0 Å². The molecular formula is C58H130N8. The molecule has 0 bridgehead atoms. The van der Waals surface area contributed by atoms with Crippen LogP contribution in [0.25, 0.3) is 0 Å². The maximum absolute atomic E-state index is 6.04. The van der Waals surface area contributed by atoms with Crippen LogP contribution in [-0.4, -0.2) is 49.8 Å². The number of unbranched alkanes of at least 4 members (excludes halogenated alkanes) is 1. The minimum atomic E-state index is 0.299. The predicted octanol–water partition coefficient (Wildman–Crippen LogP) is 13.1. The highest BCUT2D eigenvalue weighted by Gasteiger charge is 2.28. The van der Waals surface area contributed by atoms with Gasteiger partial charge in [0.15, 0.2) is 0 Å². The van der Waals surface area contributed by atoms with Crippen molar-refractivity contribution in [1.29, 1.82) is 0 Å². The number of hydrogen-bond donors (Lipinski definition) is 8. The van der Waals surface area contributed by atoms with Crippen LogP contribution in [0, 0.1) is 71.0 Å². The quantitative estimate of drug-likeness (QED) is 0.0396. The van der Waals surface area contributed by atoms with Crippen LogP contribution in [0.1, 0.15) is 252 Å². The Kier molecular flexibility index (Phi) is 47.3. The van der Waals surface area contributed by atoms with Crippen LogP contribution in [-0.2, 0) is 0 Å². The first-order chi connectivity index (χ1) is 30.9. The van der Waals surface area contributed by atoms with Gasteiger partial charge in [0.25, 0.3) is 0 Å². The Balaban J connectivity index is -0.000000724. The van der Waals surface area contributed by atoms with E-state index in [1.807, 2.05) is 6.92 Å². The molecule has 402 valence electrons. The summed E-state index contributed by atoms with van der Waals surface area (Å²) >= 11 is 0. The van der Waals surface area contributed by atoms with E-state index in [-0.39, 0.29) is 0 Å². The van der Waals surface area contributed by atoms with Crippen molar-refractivity contribution in [3.63, 3.8) is 0 Å². The van der Waals surface area contributed by atoms with Gasteiger partial charge in [0.2, 0.25) is 0 Å². The third-order valence-corrected chi connectivity index (χ3v) is 13.8. The van der Waals surface area contributed by atoms with Crippen LogP contribution in [0.15, 0.2) is 0 Å². The van der Waals surface area contributed by atoms with Gasteiger partial charge in [-0.3, -0.25) is 0 Å². The molecule has 2 unspecified atom stereocenters. The lowest BCUT2D eigenvalue weighted by molar-refractivity contribution is 0.395. The molecule has 10 atom stereocenters. The third kappa shape index (κ3) is 50.1. The van der Waals surface area contributed by atoms with Gasteiger partial charge in [-0.05, 0) is 220 Å².